The maximum Gasteiger partial charge on any atom is 0.343 e. The molecule has 0 aliphatic carbocycles. The Morgan fingerprint density at radius 3 is 2.64 bits per heavy atom. The number of esters is 1. The maximum atomic E-state index is 13.3. The van der Waals surface area contributed by atoms with Gasteiger partial charge in [-0.2, -0.15) is 0 Å². The molecule has 1 aromatic carbocycles. The van der Waals surface area contributed by atoms with Crippen LogP contribution in [0.1, 0.15) is 10.4 Å². The van der Waals surface area contributed by atoms with Gasteiger partial charge in [-0.05, 0) is 22.0 Å². The zero-order valence-corrected chi connectivity index (χ0v) is 9.46. The van der Waals surface area contributed by atoms with Crippen LogP contribution in [0.15, 0.2) is 15.4 Å². The summed E-state index contributed by atoms with van der Waals surface area (Å²) >= 11 is 6.66. The molecule has 1 aromatic rings. The van der Waals surface area contributed by atoms with Gasteiger partial charge in [0.1, 0.15) is 11.4 Å². The number of rotatable bonds is 1. The minimum absolute atomic E-state index is 0.133. The summed E-state index contributed by atoms with van der Waals surface area (Å²) in [6.07, 6.45) is 0. The third-order valence-electron chi connectivity index (χ3n) is 1.54. The lowest BCUT2D eigenvalue weighted by molar-refractivity contribution is 0.0589. The van der Waals surface area contributed by atoms with Crippen LogP contribution in [0.4, 0.5) is 8.78 Å². The summed E-state index contributed by atoms with van der Waals surface area (Å²) in [6, 6.07) is 0.956. The fraction of sp³-hybridized carbons (Fsp3) is 0.125. The van der Waals surface area contributed by atoms with Crippen molar-refractivity contribution in [2.75, 3.05) is 7.11 Å². The first-order valence-corrected chi connectivity index (χ1v) is 4.67. The van der Waals surface area contributed by atoms with E-state index >= 15 is 0 Å². The quantitative estimate of drug-likeness (QED) is 0.633. The molecule has 1 rings (SSSR count). The number of carbonyl (C=O) groups is 1. The minimum atomic E-state index is -1.07. The van der Waals surface area contributed by atoms with Gasteiger partial charge in [0.25, 0.3) is 0 Å². The van der Waals surface area contributed by atoms with E-state index in [1.807, 2.05) is 0 Å². The average molecular weight is 283 g/mol. The molecule has 0 aromatic heterocycles. The molecule has 2 nitrogen and oxygen atoms in total. The van der Waals surface area contributed by atoms with Gasteiger partial charge in [0.15, 0.2) is 5.82 Å². The minimum Gasteiger partial charge on any atom is -0.465 e. The van der Waals surface area contributed by atoms with Gasteiger partial charge < -0.3 is 4.74 Å². The Kier molecular flexibility index (Phi) is 3.49. The molecule has 0 saturated carbocycles. The van der Waals surface area contributed by atoms with Crippen molar-refractivity contribution >= 4 is 34.5 Å². The molecule has 0 heterocycles. The zero-order chi connectivity index (χ0) is 10.9. The molecule has 14 heavy (non-hydrogen) atoms. The number of ether oxygens (including phenoxy) is 1. The van der Waals surface area contributed by atoms with Crippen molar-refractivity contribution in [2.24, 2.45) is 0 Å². The second-order valence-electron chi connectivity index (χ2n) is 2.37. The van der Waals surface area contributed by atoms with Crippen LogP contribution in [0, 0.1) is 11.6 Å². The van der Waals surface area contributed by atoms with E-state index in [9.17, 15) is 13.6 Å². The summed E-state index contributed by atoms with van der Waals surface area (Å²) in [7, 11) is 1.04. The Labute approximate surface area is 92.8 Å². The molecule has 0 N–H and O–H groups in total. The van der Waals surface area contributed by atoms with Crippen molar-refractivity contribution in [2.45, 2.75) is 4.90 Å². The van der Waals surface area contributed by atoms with Crippen molar-refractivity contribution in [1.82, 2.24) is 0 Å². The van der Waals surface area contributed by atoms with Crippen molar-refractivity contribution in [1.29, 1.82) is 0 Å². The van der Waals surface area contributed by atoms with E-state index in [4.69, 9.17) is 0 Å². The van der Waals surface area contributed by atoms with Crippen molar-refractivity contribution in [3.05, 3.63) is 27.7 Å². The lowest BCUT2D eigenvalue weighted by Crippen LogP contribution is -2.08. The van der Waals surface area contributed by atoms with Gasteiger partial charge in [-0.3, -0.25) is 0 Å². The lowest BCUT2D eigenvalue weighted by atomic mass is 10.2. The molecule has 0 unspecified atom stereocenters. The molecule has 0 saturated heterocycles. The highest BCUT2D eigenvalue weighted by Crippen LogP contribution is 2.28. The van der Waals surface area contributed by atoms with Gasteiger partial charge >= 0.3 is 5.97 Å². The molecular formula is C8H5BrF2O2S. The third kappa shape index (κ3) is 1.90. The third-order valence-corrected chi connectivity index (χ3v) is 2.90. The van der Waals surface area contributed by atoms with Crippen LogP contribution in [0.2, 0.25) is 0 Å². The monoisotopic (exact) mass is 282 g/mol. The van der Waals surface area contributed by atoms with E-state index in [2.05, 4.69) is 33.3 Å². The van der Waals surface area contributed by atoms with Crippen molar-refractivity contribution < 1.29 is 18.3 Å². The van der Waals surface area contributed by atoms with Crippen LogP contribution >= 0.6 is 28.6 Å². The summed E-state index contributed by atoms with van der Waals surface area (Å²) in [5, 5.41) is 0. The Morgan fingerprint density at radius 2 is 2.14 bits per heavy atom. The summed E-state index contributed by atoms with van der Waals surface area (Å²) < 4.78 is 30.8. The molecule has 0 aliphatic heterocycles. The van der Waals surface area contributed by atoms with Crippen LogP contribution in [0.5, 0.6) is 0 Å². The van der Waals surface area contributed by atoms with E-state index in [0.29, 0.717) is 0 Å². The molecule has 0 aliphatic rings. The zero-order valence-electron chi connectivity index (χ0n) is 6.97. The molecule has 0 spiro atoms. The molecule has 76 valence electrons. The Hall–Kier alpha value is -0.620. The fourth-order valence-electron chi connectivity index (χ4n) is 0.869. The van der Waals surface area contributed by atoms with E-state index in [0.717, 1.165) is 13.2 Å². The second kappa shape index (κ2) is 4.27. The van der Waals surface area contributed by atoms with Gasteiger partial charge in [0.2, 0.25) is 0 Å². The van der Waals surface area contributed by atoms with Gasteiger partial charge in [0.05, 0.1) is 12.0 Å². The molecule has 0 amide bonds. The molecule has 6 heteroatoms. The van der Waals surface area contributed by atoms with E-state index in [-0.39, 0.29) is 9.37 Å². The number of thiol groups is 1. The summed E-state index contributed by atoms with van der Waals surface area (Å²) in [5.41, 5.74) is -0.735. The van der Waals surface area contributed by atoms with Gasteiger partial charge in [-0.15, -0.1) is 12.6 Å². The summed E-state index contributed by atoms with van der Waals surface area (Å²) in [6.45, 7) is 0. The molecular weight excluding hydrogens is 278 g/mol. The maximum absolute atomic E-state index is 13.3. The first-order chi connectivity index (χ1) is 6.49. The first kappa shape index (κ1) is 11.5. The van der Waals surface area contributed by atoms with Crippen LogP contribution < -0.4 is 0 Å². The highest BCUT2D eigenvalue weighted by molar-refractivity contribution is 9.10. The van der Waals surface area contributed by atoms with Gasteiger partial charge in [-0.25, -0.2) is 13.6 Å². The highest BCUT2D eigenvalue weighted by Gasteiger charge is 2.22. The van der Waals surface area contributed by atoms with Crippen LogP contribution in [0.25, 0.3) is 0 Å². The summed E-state index contributed by atoms with van der Waals surface area (Å²) in [4.78, 5) is 10.8. The lowest BCUT2D eigenvalue weighted by Gasteiger charge is -2.06. The molecule has 0 radical (unpaired) electrons. The standard InChI is InChI=1S/C8H5BrF2O2S/c1-13-8(12)5-4(10)2-3(9)7(14)6(5)11/h2,14H,1H3. The topological polar surface area (TPSA) is 26.3 Å². The number of hydrogen-bond donors (Lipinski definition) is 1. The number of carbonyl (C=O) groups excluding carboxylic acids is 1. The Balaban J connectivity index is 3.44. The average Bonchev–Trinajstić information content (AvgIpc) is 2.14. The van der Waals surface area contributed by atoms with E-state index in [1.165, 1.54) is 0 Å². The Morgan fingerprint density at radius 1 is 1.57 bits per heavy atom. The van der Waals surface area contributed by atoms with Crippen molar-refractivity contribution in [3.63, 3.8) is 0 Å². The van der Waals surface area contributed by atoms with E-state index < -0.39 is 23.2 Å². The number of halogens is 3. The predicted molar refractivity (Wildman–Crippen MR) is 52.6 cm³/mol. The van der Waals surface area contributed by atoms with Crippen molar-refractivity contribution in [3.8, 4) is 0 Å². The highest BCUT2D eigenvalue weighted by atomic mass is 79.9. The smallest absolute Gasteiger partial charge is 0.343 e. The predicted octanol–water partition coefficient (Wildman–Crippen LogP) is 2.80. The fourth-order valence-corrected chi connectivity index (χ4v) is 1.42. The van der Waals surface area contributed by atoms with Gasteiger partial charge in [0, 0.05) is 4.47 Å². The molecule has 0 atom stereocenters. The molecule has 0 fully saturated rings. The molecule has 0 bridgehead atoms. The summed E-state index contributed by atoms with van der Waals surface area (Å²) in [5.74, 6) is -3.09. The largest absolute Gasteiger partial charge is 0.465 e. The number of hydrogen-bond acceptors (Lipinski definition) is 3. The number of benzene rings is 1. The van der Waals surface area contributed by atoms with Crippen LogP contribution in [0.3, 0.4) is 0 Å². The van der Waals surface area contributed by atoms with Crippen LogP contribution in [-0.2, 0) is 4.74 Å². The number of methoxy groups -OCH3 is 1. The van der Waals surface area contributed by atoms with Crippen LogP contribution in [-0.4, -0.2) is 13.1 Å². The van der Waals surface area contributed by atoms with E-state index in [1.54, 1.807) is 0 Å². The van der Waals surface area contributed by atoms with Gasteiger partial charge in [-0.1, -0.05) is 0 Å². The normalized spacial score (nSPS) is 10.1. The Bertz CT molecular complexity index is 395. The first-order valence-electron chi connectivity index (χ1n) is 3.43. The SMILES string of the molecule is COC(=O)c1c(F)cc(Br)c(S)c1F. The second-order valence-corrected chi connectivity index (χ2v) is 3.67.